The quantitative estimate of drug-likeness (QED) is 0.500. The molecule has 2 unspecified atom stereocenters. The molecule has 0 fully saturated rings. The van der Waals surface area contributed by atoms with Gasteiger partial charge in [0.2, 0.25) is 0 Å². The van der Waals surface area contributed by atoms with Crippen LogP contribution in [-0.4, -0.2) is 24.2 Å². The van der Waals surface area contributed by atoms with Gasteiger partial charge in [0.15, 0.2) is 0 Å². The summed E-state index contributed by atoms with van der Waals surface area (Å²) in [5.41, 5.74) is 5.56. The second kappa shape index (κ2) is 8.62. The number of rotatable bonds is 8. The number of carbonyl (C=O) groups is 1. The minimum atomic E-state index is -0.921. The van der Waals surface area contributed by atoms with E-state index in [1.54, 1.807) is 18.2 Å². The summed E-state index contributed by atoms with van der Waals surface area (Å²) in [6.45, 7) is 4.83. The number of hydrogen-bond donors (Lipinski definition) is 3. The molecule has 0 aromatic heterocycles. The normalized spacial score (nSPS) is 18.8. The molecule has 1 heterocycles. The molecular formula is C20H22N2O4. The van der Waals surface area contributed by atoms with Crippen LogP contribution in [0.15, 0.2) is 61.2 Å². The molecule has 0 aliphatic carbocycles. The number of ether oxygens (including phenoxy) is 1. The van der Waals surface area contributed by atoms with Crippen molar-refractivity contribution >= 4 is 5.97 Å². The largest absolute Gasteiger partial charge is 0.489 e. The van der Waals surface area contributed by atoms with Crippen molar-refractivity contribution in [1.29, 1.82) is 0 Å². The van der Waals surface area contributed by atoms with Gasteiger partial charge in [0.05, 0.1) is 12.6 Å². The number of hydrogen-bond acceptors (Lipinski definition) is 5. The molecule has 136 valence electrons. The fraction of sp³-hybridized carbons (Fsp3) is 0.250. The fourth-order valence-corrected chi connectivity index (χ4v) is 3.03. The molecule has 0 amide bonds. The molecule has 1 aliphatic heterocycles. The molecule has 6 nitrogen and oxygen atoms in total. The van der Waals surface area contributed by atoms with Gasteiger partial charge in [-0.15, -0.1) is 0 Å². The second-order valence-corrected chi connectivity index (χ2v) is 5.98. The number of hydroxylamine groups is 1. The smallest absolute Gasteiger partial charge is 0.325 e. The Labute approximate surface area is 152 Å². The van der Waals surface area contributed by atoms with Crippen molar-refractivity contribution in [2.24, 2.45) is 0 Å². The topological polar surface area (TPSA) is 79.8 Å². The van der Waals surface area contributed by atoms with E-state index >= 15 is 0 Å². The number of nitrogens with one attached hydrogen (secondary N) is 2. The average Bonchev–Trinajstić information content (AvgIpc) is 2.66. The van der Waals surface area contributed by atoms with Crippen molar-refractivity contribution in [2.45, 2.75) is 18.7 Å². The van der Waals surface area contributed by atoms with E-state index in [1.165, 1.54) is 0 Å². The molecule has 3 rings (SSSR count). The maximum absolute atomic E-state index is 11.6. The third-order valence-electron chi connectivity index (χ3n) is 4.20. The summed E-state index contributed by atoms with van der Waals surface area (Å²) >= 11 is 0. The van der Waals surface area contributed by atoms with Crippen molar-refractivity contribution in [2.75, 3.05) is 13.2 Å². The van der Waals surface area contributed by atoms with Crippen LogP contribution in [0.5, 0.6) is 5.75 Å². The summed E-state index contributed by atoms with van der Waals surface area (Å²) in [7, 11) is 0. The van der Waals surface area contributed by atoms with E-state index in [2.05, 4.69) is 17.4 Å². The summed E-state index contributed by atoms with van der Waals surface area (Å²) in [4.78, 5) is 17.2. The van der Waals surface area contributed by atoms with E-state index in [0.29, 0.717) is 31.1 Å². The molecule has 2 atom stereocenters. The average molecular weight is 354 g/mol. The van der Waals surface area contributed by atoms with E-state index in [1.807, 2.05) is 36.4 Å². The lowest BCUT2D eigenvalue weighted by Crippen LogP contribution is -2.42. The van der Waals surface area contributed by atoms with Gasteiger partial charge in [-0.3, -0.25) is 14.9 Å². The predicted octanol–water partition coefficient (Wildman–Crippen LogP) is 2.74. The van der Waals surface area contributed by atoms with E-state index < -0.39 is 12.0 Å². The molecule has 2 aromatic carbocycles. The SMILES string of the molecule is C=CCOc1cccc2c1C(NOCc1ccccc1)CNC2C(=O)O. The van der Waals surface area contributed by atoms with Crippen molar-refractivity contribution < 1.29 is 19.5 Å². The van der Waals surface area contributed by atoms with Gasteiger partial charge < -0.3 is 9.84 Å². The minimum absolute atomic E-state index is 0.231. The van der Waals surface area contributed by atoms with E-state index in [4.69, 9.17) is 9.57 Å². The zero-order chi connectivity index (χ0) is 18.4. The van der Waals surface area contributed by atoms with Gasteiger partial charge >= 0.3 is 5.97 Å². The molecule has 0 bridgehead atoms. The van der Waals surface area contributed by atoms with E-state index in [-0.39, 0.29) is 6.04 Å². The summed E-state index contributed by atoms with van der Waals surface area (Å²) in [5, 5.41) is 12.5. The Morgan fingerprint density at radius 2 is 2.08 bits per heavy atom. The van der Waals surface area contributed by atoms with Gasteiger partial charge in [-0.1, -0.05) is 55.1 Å². The molecule has 26 heavy (non-hydrogen) atoms. The molecule has 0 radical (unpaired) electrons. The fourth-order valence-electron chi connectivity index (χ4n) is 3.03. The molecular weight excluding hydrogens is 332 g/mol. The minimum Gasteiger partial charge on any atom is -0.489 e. The van der Waals surface area contributed by atoms with Crippen LogP contribution in [0.2, 0.25) is 0 Å². The summed E-state index contributed by atoms with van der Waals surface area (Å²) in [5.74, 6) is -0.285. The number of carboxylic acids is 1. The molecule has 0 saturated carbocycles. The monoisotopic (exact) mass is 354 g/mol. The Balaban J connectivity index is 1.80. The molecule has 2 aromatic rings. The Bertz CT molecular complexity index is 764. The highest BCUT2D eigenvalue weighted by molar-refractivity contribution is 5.77. The standard InChI is InChI=1S/C20H22N2O4/c1-2-11-25-17-10-6-9-15-18(17)16(12-21-19(15)20(23)24)22-26-13-14-7-4-3-5-8-14/h2-10,16,19,21-22H,1,11-13H2,(H,23,24). The van der Waals surface area contributed by atoms with Crippen LogP contribution in [-0.2, 0) is 16.2 Å². The third kappa shape index (κ3) is 4.11. The van der Waals surface area contributed by atoms with Crippen LogP contribution in [0.3, 0.4) is 0 Å². The van der Waals surface area contributed by atoms with Crippen LogP contribution in [0.25, 0.3) is 0 Å². The zero-order valence-electron chi connectivity index (χ0n) is 14.4. The molecule has 6 heteroatoms. The summed E-state index contributed by atoms with van der Waals surface area (Å²) < 4.78 is 5.74. The lowest BCUT2D eigenvalue weighted by Gasteiger charge is -2.32. The molecule has 0 spiro atoms. The third-order valence-corrected chi connectivity index (χ3v) is 4.20. The zero-order valence-corrected chi connectivity index (χ0v) is 14.4. The number of aliphatic carboxylic acids is 1. The van der Waals surface area contributed by atoms with Crippen LogP contribution in [0, 0.1) is 0 Å². The van der Waals surface area contributed by atoms with Gasteiger partial charge in [-0.2, -0.15) is 5.48 Å². The first-order valence-corrected chi connectivity index (χ1v) is 8.44. The van der Waals surface area contributed by atoms with Gasteiger partial charge in [-0.05, 0) is 17.2 Å². The van der Waals surface area contributed by atoms with Crippen LogP contribution in [0.1, 0.15) is 28.8 Å². The van der Waals surface area contributed by atoms with Crippen molar-refractivity contribution in [1.82, 2.24) is 10.8 Å². The van der Waals surface area contributed by atoms with Gasteiger partial charge in [-0.25, -0.2) is 0 Å². The highest BCUT2D eigenvalue weighted by Crippen LogP contribution is 2.36. The number of fused-ring (bicyclic) bond motifs is 1. The van der Waals surface area contributed by atoms with Crippen molar-refractivity contribution in [3.8, 4) is 5.75 Å². The van der Waals surface area contributed by atoms with Crippen LogP contribution in [0.4, 0.5) is 0 Å². The number of benzene rings is 2. The van der Waals surface area contributed by atoms with Crippen molar-refractivity contribution in [3.05, 3.63) is 77.9 Å². The number of carboxylic acid groups (broad SMARTS) is 1. The molecule has 1 aliphatic rings. The second-order valence-electron chi connectivity index (χ2n) is 5.98. The lowest BCUT2D eigenvalue weighted by atomic mass is 9.90. The first-order valence-electron chi connectivity index (χ1n) is 8.44. The Hall–Kier alpha value is -2.67. The first kappa shape index (κ1) is 18.1. The highest BCUT2D eigenvalue weighted by Gasteiger charge is 2.33. The van der Waals surface area contributed by atoms with Crippen LogP contribution >= 0.6 is 0 Å². The maximum atomic E-state index is 11.6. The van der Waals surface area contributed by atoms with Crippen LogP contribution < -0.4 is 15.5 Å². The van der Waals surface area contributed by atoms with E-state index in [0.717, 1.165) is 11.1 Å². The van der Waals surface area contributed by atoms with Gasteiger partial charge in [0.1, 0.15) is 18.4 Å². The Morgan fingerprint density at radius 1 is 1.27 bits per heavy atom. The summed E-state index contributed by atoms with van der Waals surface area (Å²) in [6, 6.07) is 14.2. The maximum Gasteiger partial charge on any atom is 0.325 e. The summed E-state index contributed by atoms with van der Waals surface area (Å²) in [6.07, 6.45) is 1.66. The Morgan fingerprint density at radius 3 is 2.81 bits per heavy atom. The van der Waals surface area contributed by atoms with Gasteiger partial charge in [0, 0.05) is 12.1 Å². The van der Waals surface area contributed by atoms with E-state index in [9.17, 15) is 9.90 Å². The molecule has 0 saturated heterocycles. The lowest BCUT2D eigenvalue weighted by molar-refractivity contribution is -0.140. The molecule has 3 N–H and O–H groups in total. The predicted molar refractivity (Wildman–Crippen MR) is 97.6 cm³/mol. The Kier molecular flexibility index (Phi) is 6.01. The van der Waals surface area contributed by atoms with Crippen molar-refractivity contribution in [3.63, 3.8) is 0 Å². The first-order chi connectivity index (χ1) is 12.7. The highest BCUT2D eigenvalue weighted by atomic mass is 16.6. The van der Waals surface area contributed by atoms with Gasteiger partial charge in [0.25, 0.3) is 0 Å².